The highest BCUT2D eigenvalue weighted by molar-refractivity contribution is 5.74. The molecule has 5 N–H and O–H groups in total. The van der Waals surface area contributed by atoms with Crippen LogP contribution < -0.4 is 21.3 Å². The molecule has 0 aromatic heterocycles. The Morgan fingerprint density at radius 3 is 2.00 bits per heavy atom. The molecule has 9 nitrogen and oxygen atoms in total. The van der Waals surface area contributed by atoms with E-state index in [1.165, 1.54) is 14.2 Å². The second-order valence-corrected chi connectivity index (χ2v) is 15.9. The number of carbonyl (C=O) groups is 2. The Morgan fingerprint density at radius 2 is 1.33 bits per heavy atom. The Bertz CT molecular complexity index is 1110. The van der Waals surface area contributed by atoms with Gasteiger partial charge in [-0.1, -0.05) is 47.1 Å². The van der Waals surface area contributed by atoms with E-state index in [1.54, 1.807) is 0 Å². The summed E-state index contributed by atoms with van der Waals surface area (Å²) in [4.78, 5) is 25.9. The molecule has 9 heteroatoms. The summed E-state index contributed by atoms with van der Waals surface area (Å²) in [5, 5.41) is 28.3. The van der Waals surface area contributed by atoms with Crippen molar-refractivity contribution >= 4 is 11.9 Å². The van der Waals surface area contributed by atoms with Crippen LogP contribution in [0, 0.1) is 59.2 Å². The number of fused-ring (bicyclic) bond motifs is 8. The Kier molecular flexibility index (Phi) is 9.77. The van der Waals surface area contributed by atoms with E-state index in [1.807, 2.05) is 0 Å². The summed E-state index contributed by atoms with van der Waals surface area (Å²) in [6.45, 7) is 16.0. The minimum atomic E-state index is -0.771. The van der Waals surface area contributed by atoms with Crippen molar-refractivity contribution in [2.75, 3.05) is 14.2 Å². The maximum atomic E-state index is 13.5. The summed E-state index contributed by atoms with van der Waals surface area (Å²) < 4.78 is 10.4. The molecule has 8 bridgehead atoms. The molecule has 6 rings (SSSR count). The number of methoxy groups -OCH3 is 2. The van der Waals surface area contributed by atoms with Crippen molar-refractivity contribution in [1.82, 2.24) is 21.3 Å². The van der Waals surface area contributed by atoms with Crippen LogP contribution in [-0.2, 0) is 19.1 Å². The predicted molar refractivity (Wildman–Crippen MR) is 174 cm³/mol. The van der Waals surface area contributed by atoms with E-state index in [9.17, 15) is 14.7 Å². The van der Waals surface area contributed by atoms with Crippen LogP contribution in [-0.4, -0.2) is 85.7 Å². The molecular formula is C36H60N4O5. The maximum Gasteiger partial charge on any atom is 0.311 e. The Hall–Kier alpha value is -1.52. The first-order chi connectivity index (χ1) is 21.5. The molecule has 254 valence electrons. The number of ether oxygens (including phenoxy) is 2. The second-order valence-electron chi connectivity index (χ2n) is 15.9. The number of nitrogens with one attached hydrogen (secondary N) is 4. The van der Waals surface area contributed by atoms with E-state index in [4.69, 9.17) is 9.47 Å². The van der Waals surface area contributed by atoms with E-state index in [-0.39, 0.29) is 65.7 Å². The van der Waals surface area contributed by atoms with E-state index in [0.29, 0.717) is 60.7 Å². The van der Waals surface area contributed by atoms with Crippen molar-refractivity contribution < 1.29 is 24.2 Å². The molecule has 1 saturated carbocycles. The predicted octanol–water partition coefficient (Wildman–Crippen LogP) is 2.87. The molecule has 0 aromatic carbocycles. The highest BCUT2D eigenvalue weighted by atomic mass is 16.5. The van der Waals surface area contributed by atoms with Crippen molar-refractivity contribution in [1.29, 1.82) is 0 Å². The molecule has 0 aromatic rings. The quantitative estimate of drug-likeness (QED) is 0.223. The normalized spacial score (nSPS) is 52.1. The third-order valence-electron chi connectivity index (χ3n) is 14.3. The molecule has 5 aliphatic heterocycles. The van der Waals surface area contributed by atoms with Crippen LogP contribution in [0.4, 0.5) is 0 Å². The molecule has 19 unspecified atom stereocenters. The van der Waals surface area contributed by atoms with Gasteiger partial charge in [-0.15, -0.1) is 6.58 Å². The lowest BCUT2D eigenvalue weighted by Crippen LogP contribution is -2.52. The lowest BCUT2D eigenvalue weighted by molar-refractivity contribution is -0.152. The summed E-state index contributed by atoms with van der Waals surface area (Å²) in [6.07, 6.45) is 6.68. The highest BCUT2D eigenvalue weighted by Crippen LogP contribution is 2.53. The van der Waals surface area contributed by atoms with E-state index in [2.05, 4.69) is 68.5 Å². The SMILES string of the molecule is C=CC1C2CC3NC(CC4NC5C(C4C)C(O)C(C(=O)OC)C5C4NC(CC(N2)C1C)C(C)C4CCC(=O)OC)C(CC)C3C. The molecule has 6 aliphatic rings. The lowest BCUT2D eigenvalue weighted by atomic mass is 9.75. The van der Waals surface area contributed by atoms with E-state index >= 15 is 0 Å². The molecule has 0 radical (unpaired) electrons. The number of esters is 2. The van der Waals surface area contributed by atoms with Gasteiger partial charge >= 0.3 is 11.9 Å². The molecule has 6 fully saturated rings. The minimum absolute atomic E-state index is 0.00571. The standard InChI is InChI=1S/C36H60N4O5/c1-9-20-16(3)23-13-25-18(5)22(11-12-29(41)44-7)33(39-25)31-32(36(43)45-8)35(42)30-19(6)26(40-34(30)31)15-28-21(10-2)17(4)24(38-28)14-27(20)37-23/h9,16-28,30-35,37-40,42H,1,10-15H2,2-8H3. The molecule has 45 heavy (non-hydrogen) atoms. The monoisotopic (exact) mass is 628 g/mol. The van der Waals surface area contributed by atoms with Crippen LogP contribution in [0.5, 0.6) is 0 Å². The second kappa shape index (κ2) is 13.2. The zero-order valence-electron chi connectivity index (χ0n) is 28.6. The summed E-state index contributed by atoms with van der Waals surface area (Å²) in [5.41, 5.74) is 0. The lowest BCUT2D eigenvalue weighted by Gasteiger charge is -2.35. The van der Waals surface area contributed by atoms with Crippen molar-refractivity contribution in [3.05, 3.63) is 12.7 Å². The number of aliphatic hydroxyl groups excluding tert-OH is 1. The minimum Gasteiger partial charge on any atom is -0.469 e. The number of hydrogen-bond acceptors (Lipinski definition) is 9. The van der Waals surface area contributed by atoms with Gasteiger partial charge in [0.2, 0.25) is 0 Å². The molecular weight excluding hydrogens is 568 g/mol. The van der Waals surface area contributed by atoms with Gasteiger partial charge in [0, 0.05) is 66.6 Å². The van der Waals surface area contributed by atoms with Gasteiger partial charge < -0.3 is 35.8 Å². The van der Waals surface area contributed by atoms with Crippen LogP contribution in [0.2, 0.25) is 0 Å². The number of rotatable bonds is 6. The fourth-order valence-corrected chi connectivity index (χ4v) is 11.8. The van der Waals surface area contributed by atoms with Gasteiger partial charge in [-0.2, -0.15) is 0 Å². The molecule has 0 spiro atoms. The van der Waals surface area contributed by atoms with Gasteiger partial charge in [-0.3, -0.25) is 9.59 Å². The van der Waals surface area contributed by atoms with Crippen molar-refractivity contribution in [2.24, 2.45) is 59.2 Å². The largest absolute Gasteiger partial charge is 0.469 e. The van der Waals surface area contributed by atoms with Gasteiger partial charge in [0.25, 0.3) is 0 Å². The van der Waals surface area contributed by atoms with Crippen molar-refractivity contribution in [3.8, 4) is 0 Å². The fraction of sp³-hybridized carbons (Fsp3) is 0.889. The summed E-state index contributed by atoms with van der Waals surface area (Å²) in [7, 11) is 2.89. The Labute approximate surface area is 270 Å². The van der Waals surface area contributed by atoms with Crippen molar-refractivity contribution in [3.63, 3.8) is 0 Å². The smallest absolute Gasteiger partial charge is 0.311 e. The zero-order chi connectivity index (χ0) is 32.3. The van der Waals surface area contributed by atoms with Gasteiger partial charge in [-0.05, 0) is 67.1 Å². The summed E-state index contributed by atoms with van der Waals surface area (Å²) in [6, 6.07) is 2.02. The van der Waals surface area contributed by atoms with E-state index < -0.39 is 12.0 Å². The van der Waals surface area contributed by atoms with Crippen LogP contribution >= 0.6 is 0 Å². The van der Waals surface area contributed by atoms with Crippen molar-refractivity contribution in [2.45, 2.75) is 128 Å². The number of aliphatic hydroxyl groups is 1. The Morgan fingerprint density at radius 1 is 0.756 bits per heavy atom. The maximum absolute atomic E-state index is 13.5. The van der Waals surface area contributed by atoms with Gasteiger partial charge in [0.1, 0.15) is 0 Å². The van der Waals surface area contributed by atoms with Gasteiger partial charge in [0.15, 0.2) is 0 Å². The van der Waals surface area contributed by atoms with Gasteiger partial charge in [0.05, 0.1) is 26.2 Å². The molecule has 5 heterocycles. The van der Waals surface area contributed by atoms with Crippen LogP contribution in [0.15, 0.2) is 12.7 Å². The average Bonchev–Trinajstić information content (AvgIpc) is 3.76. The first kappa shape index (κ1) is 33.4. The fourth-order valence-electron chi connectivity index (χ4n) is 11.8. The molecule has 1 aliphatic carbocycles. The molecule has 19 atom stereocenters. The topological polar surface area (TPSA) is 121 Å². The third-order valence-corrected chi connectivity index (χ3v) is 14.3. The van der Waals surface area contributed by atoms with Crippen LogP contribution in [0.1, 0.15) is 73.1 Å². The average molecular weight is 629 g/mol. The van der Waals surface area contributed by atoms with Gasteiger partial charge in [-0.25, -0.2) is 0 Å². The van der Waals surface area contributed by atoms with Crippen LogP contribution in [0.3, 0.4) is 0 Å². The zero-order valence-corrected chi connectivity index (χ0v) is 28.6. The Balaban J connectivity index is 1.40. The summed E-state index contributed by atoms with van der Waals surface area (Å²) >= 11 is 0. The third kappa shape index (κ3) is 5.60. The first-order valence-electron chi connectivity index (χ1n) is 18.0. The first-order valence-corrected chi connectivity index (χ1v) is 18.0. The van der Waals surface area contributed by atoms with E-state index in [0.717, 1.165) is 25.7 Å². The number of hydrogen-bond donors (Lipinski definition) is 5. The number of carbonyl (C=O) groups excluding carboxylic acids is 2. The molecule has 0 amide bonds. The molecule has 5 saturated heterocycles. The summed E-state index contributed by atoms with van der Waals surface area (Å²) in [5.74, 6) is 1.42. The highest BCUT2D eigenvalue weighted by Gasteiger charge is 2.64. The van der Waals surface area contributed by atoms with Crippen LogP contribution in [0.25, 0.3) is 0 Å².